The lowest BCUT2D eigenvalue weighted by Gasteiger charge is -2.23. The average Bonchev–Trinajstić information content (AvgIpc) is 2.46. The second-order valence-electron chi connectivity index (χ2n) is 4.42. The molecule has 3 nitrogen and oxygen atoms in total. The van der Waals surface area contributed by atoms with Gasteiger partial charge in [0.05, 0.1) is 13.2 Å². The predicted octanol–water partition coefficient (Wildman–Crippen LogP) is 3.54. The number of alkyl halides is 1. The first-order chi connectivity index (χ1) is 8.83. The van der Waals surface area contributed by atoms with Crippen LogP contribution in [0.15, 0.2) is 18.2 Å². The summed E-state index contributed by atoms with van der Waals surface area (Å²) < 4.78 is 16.8. The molecule has 1 atom stereocenters. The summed E-state index contributed by atoms with van der Waals surface area (Å²) in [5, 5.41) is 0.815. The van der Waals surface area contributed by atoms with E-state index in [4.69, 9.17) is 14.2 Å². The molecule has 1 aromatic carbocycles. The van der Waals surface area contributed by atoms with Crippen molar-refractivity contribution in [2.45, 2.75) is 30.7 Å². The summed E-state index contributed by atoms with van der Waals surface area (Å²) in [6.45, 7) is 1.46. The van der Waals surface area contributed by atoms with E-state index < -0.39 is 0 Å². The zero-order valence-corrected chi connectivity index (χ0v) is 12.2. The summed E-state index contributed by atoms with van der Waals surface area (Å²) >= 11 is 3.43. The van der Waals surface area contributed by atoms with Crippen LogP contribution in [0.25, 0.3) is 0 Å². The molecule has 0 amide bonds. The maximum Gasteiger partial charge on any atom is 0.161 e. The van der Waals surface area contributed by atoms with Gasteiger partial charge in [-0.1, -0.05) is 22.0 Å². The Morgan fingerprint density at radius 2 is 2.22 bits per heavy atom. The van der Waals surface area contributed by atoms with E-state index in [1.54, 1.807) is 7.11 Å². The third kappa shape index (κ3) is 3.62. The van der Waals surface area contributed by atoms with Crippen molar-refractivity contribution >= 4 is 15.9 Å². The molecule has 1 unspecified atom stereocenters. The zero-order chi connectivity index (χ0) is 12.8. The Hall–Kier alpha value is -0.740. The summed E-state index contributed by atoms with van der Waals surface area (Å²) in [6.07, 6.45) is 3.70. The maximum atomic E-state index is 5.80. The standard InChI is InChI=1S/C14H19BrO3/c1-16-14-8-11(9-15)5-6-13(14)18-10-12-4-2-3-7-17-12/h5-6,8,12H,2-4,7,9-10H2,1H3. The van der Waals surface area contributed by atoms with Crippen molar-refractivity contribution < 1.29 is 14.2 Å². The minimum atomic E-state index is 0.222. The van der Waals surface area contributed by atoms with Crippen LogP contribution in [0.3, 0.4) is 0 Å². The minimum Gasteiger partial charge on any atom is -0.493 e. The average molecular weight is 315 g/mol. The SMILES string of the molecule is COc1cc(CBr)ccc1OCC1CCCCO1. The van der Waals surface area contributed by atoms with Crippen LogP contribution in [-0.2, 0) is 10.1 Å². The van der Waals surface area contributed by atoms with Crippen LogP contribution in [0.2, 0.25) is 0 Å². The highest BCUT2D eigenvalue weighted by molar-refractivity contribution is 9.08. The lowest BCUT2D eigenvalue weighted by atomic mass is 10.1. The van der Waals surface area contributed by atoms with E-state index in [9.17, 15) is 0 Å². The summed E-state index contributed by atoms with van der Waals surface area (Å²) in [6, 6.07) is 5.98. The molecule has 4 heteroatoms. The summed E-state index contributed by atoms with van der Waals surface area (Å²) in [7, 11) is 1.66. The Labute approximate surface area is 117 Å². The molecule has 1 aliphatic heterocycles. The number of halogens is 1. The first-order valence-electron chi connectivity index (χ1n) is 6.30. The van der Waals surface area contributed by atoms with Gasteiger partial charge in [-0.2, -0.15) is 0 Å². The third-order valence-corrected chi connectivity index (χ3v) is 3.73. The number of benzene rings is 1. The first-order valence-corrected chi connectivity index (χ1v) is 7.43. The van der Waals surface area contributed by atoms with Gasteiger partial charge in [0.25, 0.3) is 0 Å². The van der Waals surface area contributed by atoms with Crippen molar-refractivity contribution in [3.63, 3.8) is 0 Å². The molecule has 0 radical (unpaired) electrons. The number of rotatable bonds is 5. The Bertz CT molecular complexity index is 375. The van der Waals surface area contributed by atoms with Gasteiger partial charge in [-0.3, -0.25) is 0 Å². The van der Waals surface area contributed by atoms with E-state index in [1.807, 2.05) is 18.2 Å². The molecule has 0 saturated carbocycles. The molecule has 0 aromatic heterocycles. The molecule has 0 bridgehead atoms. The largest absolute Gasteiger partial charge is 0.493 e. The highest BCUT2D eigenvalue weighted by Crippen LogP contribution is 2.29. The van der Waals surface area contributed by atoms with Gasteiger partial charge in [0.2, 0.25) is 0 Å². The molecular weight excluding hydrogens is 296 g/mol. The number of methoxy groups -OCH3 is 1. The second kappa shape index (κ2) is 7.00. The monoisotopic (exact) mass is 314 g/mol. The second-order valence-corrected chi connectivity index (χ2v) is 4.98. The van der Waals surface area contributed by atoms with Crippen molar-refractivity contribution in [1.82, 2.24) is 0 Å². The van der Waals surface area contributed by atoms with Crippen LogP contribution < -0.4 is 9.47 Å². The molecular formula is C14H19BrO3. The number of hydrogen-bond acceptors (Lipinski definition) is 3. The molecule has 1 aromatic rings. The fourth-order valence-electron chi connectivity index (χ4n) is 2.04. The quantitative estimate of drug-likeness (QED) is 0.778. The van der Waals surface area contributed by atoms with E-state index in [0.29, 0.717) is 6.61 Å². The molecule has 0 spiro atoms. The van der Waals surface area contributed by atoms with Crippen LogP contribution in [0.4, 0.5) is 0 Å². The Balaban J connectivity index is 1.95. The van der Waals surface area contributed by atoms with Crippen molar-refractivity contribution in [3.05, 3.63) is 23.8 Å². The van der Waals surface area contributed by atoms with Crippen molar-refractivity contribution in [2.24, 2.45) is 0 Å². The van der Waals surface area contributed by atoms with Gasteiger partial charge < -0.3 is 14.2 Å². The molecule has 1 fully saturated rings. The van der Waals surface area contributed by atoms with E-state index in [-0.39, 0.29) is 6.10 Å². The van der Waals surface area contributed by atoms with Crippen LogP contribution >= 0.6 is 15.9 Å². The van der Waals surface area contributed by atoms with Crippen LogP contribution in [-0.4, -0.2) is 26.4 Å². The van der Waals surface area contributed by atoms with Crippen molar-refractivity contribution in [1.29, 1.82) is 0 Å². The zero-order valence-electron chi connectivity index (χ0n) is 10.7. The van der Waals surface area contributed by atoms with E-state index in [0.717, 1.165) is 29.9 Å². The van der Waals surface area contributed by atoms with Gasteiger partial charge in [0, 0.05) is 11.9 Å². The molecule has 1 heterocycles. The number of ether oxygens (including phenoxy) is 3. The topological polar surface area (TPSA) is 27.7 Å². The van der Waals surface area contributed by atoms with E-state index >= 15 is 0 Å². The molecule has 0 aliphatic carbocycles. The maximum absolute atomic E-state index is 5.80. The van der Waals surface area contributed by atoms with Gasteiger partial charge in [-0.15, -0.1) is 0 Å². The fourth-order valence-corrected chi connectivity index (χ4v) is 2.38. The van der Waals surface area contributed by atoms with E-state index in [2.05, 4.69) is 15.9 Å². The lowest BCUT2D eigenvalue weighted by Crippen LogP contribution is -2.25. The Morgan fingerprint density at radius 3 is 2.89 bits per heavy atom. The normalized spacial score (nSPS) is 19.6. The summed E-state index contributed by atoms with van der Waals surface area (Å²) in [5.74, 6) is 1.57. The van der Waals surface area contributed by atoms with Crippen LogP contribution in [0.1, 0.15) is 24.8 Å². The minimum absolute atomic E-state index is 0.222. The Morgan fingerprint density at radius 1 is 1.33 bits per heavy atom. The van der Waals surface area contributed by atoms with Gasteiger partial charge in [0.1, 0.15) is 6.61 Å². The smallest absolute Gasteiger partial charge is 0.161 e. The molecule has 100 valence electrons. The number of hydrogen-bond donors (Lipinski definition) is 0. The Kier molecular flexibility index (Phi) is 5.32. The fraction of sp³-hybridized carbons (Fsp3) is 0.571. The third-order valence-electron chi connectivity index (χ3n) is 3.08. The molecule has 1 aliphatic rings. The molecule has 0 N–H and O–H groups in total. The van der Waals surface area contributed by atoms with E-state index in [1.165, 1.54) is 18.4 Å². The van der Waals surface area contributed by atoms with Crippen molar-refractivity contribution in [2.75, 3.05) is 20.3 Å². The van der Waals surface area contributed by atoms with Crippen molar-refractivity contribution in [3.8, 4) is 11.5 Å². The van der Waals surface area contributed by atoms with Gasteiger partial charge in [-0.25, -0.2) is 0 Å². The lowest BCUT2D eigenvalue weighted by molar-refractivity contribution is -0.0114. The molecule has 2 rings (SSSR count). The van der Waals surface area contributed by atoms with Gasteiger partial charge in [0.15, 0.2) is 11.5 Å². The van der Waals surface area contributed by atoms with Gasteiger partial charge in [-0.05, 0) is 37.0 Å². The first kappa shape index (κ1) is 13.7. The highest BCUT2D eigenvalue weighted by atomic mass is 79.9. The predicted molar refractivity (Wildman–Crippen MR) is 74.7 cm³/mol. The molecule has 18 heavy (non-hydrogen) atoms. The van der Waals surface area contributed by atoms with Crippen LogP contribution in [0.5, 0.6) is 11.5 Å². The van der Waals surface area contributed by atoms with Gasteiger partial charge >= 0.3 is 0 Å². The van der Waals surface area contributed by atoms with Crippen LogP contribution in [0, 0.1) is 0 Å². The summed E-state index contributed by atoms with van der Waals surface area (Å²) in [5.41, 5.74) is 1.17. The highest BCUT2D eigenvalue weighted by Gasteiger charge is 2.15. The summed E-state index contributed by atoms with van der Waals surface area (Å²) in [4.78, 5) is 0. The molecule has 1 saturated heterocycles.